The van der Waals surface area contributed by atoms with Crippen LogP contribution in [0, 0.1) is 13.8 Å². The lowest BCUT2D eigenvalue weighted by molar-refractivity contribution is 0.590. The molecule has 0 spiro atoms. The Morgan fingerprint density at radius 1 is 0.181 bits per heavy atom. The molecule has 21 aromatic carbocycles. The van der Waals surface area contributed by atoms with Crippen LogP contribution in [0.2, 0.25) is 0 Å². The molecule has 0 saturated carbocycles. The molecule has 2 aliphatic carbocycles. The van der Waals surface area contributed by atoms with Gasteiger partial charge in [-0.3, -0.25) is 0 Å². The number of rotatable bonds is 14. The summed E-state index contributed by atoms with van der Waals surface area (Å²) in [4.78, 5) is 2.38. The van der Waals surface area contributed by atoms with Crippen molar-refractivity contribution in [1.29, 1.82) is 0 Å². The summed E-state index contributed by atoms with van der Waals surface area (Å²) in [6.45, 7) is 18.2. The maximum absolute atomic E-state index is 2.61. The number of benzene rings is 21. The summed E-state index contributed by atoms with van der Waals surface area (Å²) < 4.78 is 12.4. The van der Waals surface area contributed by atoms with Crippen LogP contribution in [-0.4, -0.2) is 22.8 Å². The molecule has 0 bridgehead atoms. The first-order chi connectivity index (χ1) is 70.5. The van der Waals surface area contributed by atoms with Crippen LogP contribution in [-0.2, 0) is 21.7 Å². The molecular formula is C138H102N6. The lowest BCUT2D eigenvalue weighted by Crippen LogP contribution is -2.28. The van der Waals surface area contributed by atoms with E-state index in [0.717, 1.165) is 112 Å². The molecule has 6 nitrogen and oxygen atoms in total. The van der Waals surface area contributed by atoms with E-state index < -0.39 is 10.8 Å². The molecule has 684 valence electrons. The number of hydrogen-bond donors (Lipinski definition) is 0. The molecule has 0 radical (unpaired) electrons. The first-order valence-electron chi connectivity index (χ1n) is 50.6. The van der Waals surface area contributed by atoms with Crippen LogP contribution in [0.15, 0.2) is 473 Å². The highest BCUT2D eigenvalue weighted by atomic mass is 15.1. The van der Waals surface area contributed by atoms with E-state index in [1.165, 1.54) is 154 Å². The van der Waals surface area contributed by atoms with E-state index in [1.54, 1.807) is 0 Å². The fourth-order valence-corrected chi connectivity index (χ4v) is 25.1. The van der Waals surface area contributed by atoms with Gasteiger partial charge in [0.05, 0.1) is 66.0 Å². The van der Waals surface area contributed by atoms with Crippen molar-refractivity contribution in [3.8, 4) is 72.9 Å². The molecule has 0 amide bonds. The maximum Gasteiger partial charge on any atom is 0.0714 e. The van der Waals surface area contributed by atoms with Gasteiger partial charge in [0.2, 0.25) is 0 Å². The lowest BCUT2D eigenvalue weighted by atomic mass is 9.67. The topological polar surface area (TPSA) is 27.9 Å². The van der Waals surface area contributed by atoms with Crippen molar-refractivity contribution >= 4 is 126 Å². The molecule has 0 N–H and O–H groups in total. The minimum atomic E-state index is -0.841. The molecule has 5 heterocycles. The predicted molar refractivity (Wildman–Crippen MR) is 605 cm³/mol. The molecule has 5 aromatic heterocycles. The second-order valence-corrected chi connectivity index (χ2v) is 42.0. The largest absolute Gasteiger partial charge is 0.311 e. The van der Waals surface area contributed by atoms with Crippen molar-refractivity contribution in [1.82, 2.24) is 22.8 Å². The normalized spacial score (nSPS) is 13.2. The lowest BCUT2D eigenvalue weighted by Gasteiger charge is -2.34. The van der Waals surface area contributed by atoms with Crippen LogP contribution in [0.25, 0.3) is 182 Å². The quantitative estimate of drug-likeness (QED) is 0.107. The molecule has 6 heteroatoms. The first-order valence-corrected chi connectivity index (χ1v) is 50.6. The SMILES string of the molecule is Cc1ccc(N(c2ccc(C)cc2)c2ccc(-n3c4ccc(C5(c6ccc7c(c6)c6cc(-c8ccc(-n9c%10ccccc%10c%10ccccc%109)cc8)ccc6n7-c6ccc(C(C)(C)C)cc6)c6ccccc6-c6ccccc65)cc4c4cc(C5(c6ccc7c(c6)c6cc(-c8ccc(-n9c%10ccccc%10c%10ccccc%109)cc8)ccc6n7-c6ccc(C(C)(C)C)cc6)c6ccccc6-c6ccccc65)ccc43)cc2)cc1. The molecular weight excluding hydrogens is 1740 g/mol. The van der Waals surface area contributed by atoms with Gasteiger partial charge < -0.3 is 27.7 Å². The van der Waals surface area contributed by atoms with Crippen molar-refractivity contribution in [2.45, 2.75) is 77.0 Å². The third kappa shape index (κ3) is 12.7. The Bertz CT molecular complexity index is 9020. The Morgan fingerprint density at radius 2 is 0.389 bits per heavy atom. The monoisotopic (exact) mass is 1840 g/mol. The van der Waals surface area contributed by atoms with Crippen LogP contribution in [0.5, 0.6) is 0 Å². The number of para-hydroxylation sites is 4. The Kier molecular flexibility index (Phi) is 18.8. The van der Waals surface area contributed by atoms with Crippen LogP contribution >= 0.6 is 0 Å². The smallest absolute Gasteiger partial charge is 0.0714 e. The molecule has 26 aromatic rings. The minimum absolute atomic E-state index is 0.0291. The fraction of sp³-hybridized carbons (Fsp3) is 0.0870. The molecule has 0 saturated heterocycles. The fourth-order valence-electron chi connectivity index (χ4n) is 25.1. The summed E-state index contributed by atoms with van der Waals surface area (Å²) in [6.07, 6.45) is 0. The van der Waals surface area contributed by atoms with Gasteiger partial charge >= 0.3 is 0 Å². The molecule has 0 aliphatic heterocycles. The summed E-state index contributed by atoms with van der Waals surface area (Å²) in [5, 5.41) is 12.1. The average Bonchev–Trinajstić information content (AvgIpc) is 1.52. The highest BCUT2D eigenvalue weighted by Crippen LogP contribution is 2.61. The van der Waals surface area contributed by atoms with E-state index >= 15 is 0 Å². The van der Waals surface area contributed by atoms with E-state index in [2.05, 4.69) is 556 Å². The van der Waals surface area contributed by atoms with E-state index in [4.69, 9.17) is 0 Å². The number of anilines is 3. The number of nitrogens with zero attached hydrogens (tertiary/aromatic N) is 6. The number of aromatic nitrogens is 5. The zero-order chi connectivity index (χ0) is 96.3. The molecule has 2 aliphatic rings. The van der Waals surface area contributed by atoms with Crippen molar-refractivity contribution < 1.29 is 0 Å². The van der Waals surface area contributed by atoms with Gasteiger partial charge in [0.1, 0.15) is 0 Å². The first kappa shape index (κ1) is 84.5. The van der Waals surface area contributed by atoms with E-state index in [1.807, 2.05) is 0 Å². The zero-order valence-electron chi connectivity index (χ0n) is 81.7. The Morgan fingerprint density at radius 3 is 0.660 bits per heavy atom. The van der Waals surface area contributed by atoms with Gasteiger partial charge in [-0.15, -0.1) is 0 Å². The maximum atomic E-state index is 2.61. The molecule has 144 heavy (non-hydrogen) atoms. The molecule has 0 unspecified atom stereocenters. The van der Waals surface area contributed by atoms with Gasteiger partial charge in [0, 0.05) is 99.4 Å². The third-order valence-corrected chi connectivity index (χ3v) is 31.9. The van der Waals surface area contributed by atoms with Crippen LogP contribution in [0.4, 0.5) is 17.1 Å². The van der Waals surface area contributed by atoms with Crippen LogP contribution in [0.3, 0.4) is 0 Å². The molecule has 0 fully saturated rings. The van der Waals surface area contributed by atoms with Gasteiger partial charge in [-0.2, -0.15) is 0 Å². The van der Waals surface area contributed by atoms with Crippen molar-refractivity contribution in [2.75, 3.05) is 4.90 Å². The van der Waals surface area contributed by atoms with E-state index in [-0.39, 0.29) is 10.8 Å². The summed E-state index contributed by atoms with van der Waals surface area (Å²) in [5.74, 6) is 0. The van der Waals surface area contributed by atoms with Crippen molar-refractivity contribution in [3.05, 3.63) is 540 Å². The summed E-state index contributed by atoms with van der Waals surface area (Å²) in [7, 11) is 0. The second kappa shape index (κ2) is 32.0. The minimum Gasteiger partial charge on any atom is -0.311 e. The third-order valence-electron chi connectivity index (χ3n) is 31.9. The van der Waals surface area contributed by atoms with Gasteiger partial charge in [-0.25, -0.2) is 0 Å². The number of aryl methyl sites for hydroxylation is 2. The highest BCUT2D eigenvalue weighted by Gasteiger charge is 2.49. The second-order valence-electron chi connectivity index (χ2n) is 42.0. The Balaban J connectivity index is 0.673. The van der Waals surface area contributed by atoms with Crippen LogP contribution in [0.1, 0.15) is 108 Å². The standard InChI is InChI=1S/C138H102N6/c1-87-41-59-99(60-42-87)139(100-61-43-88(2)44-62-100)101-71-73-106(74-72-101)144-133-79-57-97(137(121-33-17-9-25-107(121)108-26-10-18-34-122(108)137)95-55-77-131-117(83-95)115-81-91(49-75-129(115)142(131)104-67-51-93(52-68-104)135(3,4)5)89-45-63-102(64-46-89)140-125-37-21-13-29-111(125)112-30-14-22-38-126(112)140)85-119(133)120-86-98(58-80-134(120)144)138(123-35-19-11-27-109(123)110-28-12-20-36-124(110)138)96-56-78-132-118(84-96)116-82-92(50-76-130(116)143(132)105-69-53-94(54-70-105)136(6,7)8)90-47-65-103(66-48-90)141-127-39-23-15-31-113(127)114-32-16-24-40-128(114)141/h9-86H,1-8H3. The molecule has 0 atom stereocenters. The van der Waals surface area contributed by atoms with Crippen LogP contribution < -0.4 is 4.90 Å². The van der Waals surface area contributed by atoms with Crippen molar-refractivity contribution in [2.24, 2.45) is 0 Å². The Labute approximate surface area is 837 Å². The van der Waals surface area contributed by atoms with Gasteiger partial charge in [-0.05, 0) is 319 Å². The molecule has 28 rings (SSSR count). The summed E-state index contributed by atoms with van der Waals surface area (Å²) >= 11 is 0. The van der Waals surface area contributed by atoms with Crippen molar-refractivity contribution in [3.63, 3.8) is 0 Å². The zero-order valence-corrected chi connectivity index (χ0v) is 81.7. The predicted octanol–water partition coefficient (Wildman–Crippen LogP) is 35.9. The average molecular weight is 1840 g/mol. The number of fused-ring (bicyclic) bond motifs is 21. The van der Waals surface area contributed by atoms with Gasteiger partial charge in [0.15, 0.2) is 0 Å². The Hall–Kier alpha value is -17.6. The van der Waals surface area contributed by atoms with E-state index in [9.17, 15) is 0 Å². The van der Waals surface area contributed by atoms with Gasteiger partial charge in [-0.1, -0.05) is 332 Å². The highest BCUT2D eigenvalue weighted by molar-refractivity contribution is 6.16. The summed E-state index contributed by atoms with van der Waals surface area (Å²) in [6, 6.07) is 181. The van der Waals surface area contributed by atoms with E-state index in [0.29, 0.717) is 0 Å². The summed E-state index contributed by atoms with van der Waals surface area (Å²) in [5.41, 5.74) is 43.0. The number of hydrogen-bond acceptors (Lipinski definition) is 1. The van der Waals surface area contributed by atoms with Gasteiger partial charge in [0.25, 0.3) is 0 Å².